The predicted molar refractivity (Wildman–Crippen MR) is 69.6 cm³/mol. The minimum absolute atomic E-state index is 0.0318. The number of hydrogen-bond acceptors (Lipinski definition) is 2. The molecule has 100 valence electrons. The molecule has 0 atom stereocenters. The van der Waals surface area contributed by atoms with Crippen LogP contribution >= 0.6 is 27.5 Å². The minimum atomic E-state index is -2.76. The molecule has 19 heavy (non-hydrogen) atoms. The van der Waals surface area contributed by atoms with Crippen LogP contribution in [0.4, 0.5) is 13.2 Å². The van der Waals surface area contributed by atoms with Crippen LogP contribution in [0.2, 0.25) is 0 Å². The zero-order valence-electron chi connectivity index (χ0n) is 9.38. The van der Waals surface area contributed by atoms with Crippen molar-refractivity contribution in [3.05, 3.63) is 45.9 Å². The summed E-state index contributed by atoms with van der Waals surface area (Å²) in [5, 5.41) is 0. The van der Waals surface area contributed by atoms with Crippen molar-refractivity contribution in [3.8, 4) is 11.4 Å². The first-order chi connectivity index (χ1) is 9.01. The highest BCUT2D eigenvalue weighted by Crippen LogP contribution is 2.26. The highest BCUT2D eigenvalue weighted by molar-refractivity contribution is 9.10. The van der Waals surface area contributed by atoms with Crippen molar-refractivity contribution in [2.75, 3.05) is 0 Å². The Bertz CT molecular complexity index is 587. The Labute approximate surface area is 120 Å². The van der Waals surface area contributed by atoms with Gasteiger partial charge in [0.1, 0.15) is 11.5 Å². The number of alkyl halides is 3. The first kappa shape index (κ1) is 14.3. The molecule has 1 heterocycles. The molecular weight excluding hydrogens is 344 g/mol. The van der Waals surface area contributed by atoms with E-state index < -0.39 is 17.9 Å². The average molecular weight is 352 g/mol. The zero-order chi connectivity index (χ0) is 14.0. The third-order valence-corrected chi connectivity index (χ3v) is 3.12. The lowest BCUT2D eigenvalue weighted by Gasteiger charge is -2.08. The van der Waals surface area contributed by atoms with E-state index in [9.17, 15) is 13.2 Å². The van der Waals surface area contributed by atoms with E-state index in [1.165, 1.54) is 18.3 Å². The summed E-state index contributed by atoms with van der Waals surface area (Å²) in [6.07, 6.45) is -1.53. The Morgan fingerprint density at radius 3 is 2.58 bits per heavy atom. The molecule has 0 spiro atoms. The first-order valence-corrected chi connectivity index (χ1v) is 6.50. The first-order valence-electron chi connectivity index (χ1n) is 5.17. The van der Waals surface area contributed by atoms with Crippen LogP contribution in [0.5, 0.6) is 0 Å². The summed E-state index contributed by atoms with van der Waals surface area (Å²) in [6, 6.07) is 3.98. The van der Waals surface area contributed by atoms with Gasteiger partial charge in [-0.25, -0.2) is 23.1 Å². The van der Waals surface area contributed by atoms with Crippen molar-refractivity contribution in [2.24, 2.45) is 0 Å². The van der Waals surface area contributed by atoms with Crippen molar-refractivity contribution < 1.29 is 13.2 Å². The van der Waals surface area contributed by atoms with Crippen molar-refractivity contribution in [3.63, 3.8) is 0 Å². The number of hydrogen-bond donors (Lipinski definition) is 0. The maximum absolute atomic E-state index is 13.3. The quantitative estimate of drug-likeness (QED) is 0.748. The second-order valence-corrected chi connectivity index (χ2v) is 4.88. The van der Waals surface area contributed by atoms with E-state index in [-0.39, 0.29) is 17.3 Å². The van der Waals surface area contributed by atoms with Gasteiger partial charge in [-0.1, -0.05) is 15.9 Å². The van der Waals surface area contributed by atoms with E-state index in [2.05, 4.69) is 25.9 Å². The summed E-state index contributed by atoms with van der Waals surface area (Å²) in [5.74, 6) is -0.579. The Morgan fingerprint density at radius 1 is 1.26 bits per heavy atom. The van der Waals surface area contributed by atoms with E-state index in [4.69, 9.17) is 11.6 Å². The van der Waals surface area contributed by atoms with E-state index >= 15 is 0 Å². The third-order valence-electron chi connectivity index (χ3n) is 2.37. The van der Waals surface area contributed by atoms with Gasteiger partial charge < -0.3 is 0 Å². The van der Waals surface area contributed by atoms with Crippen molar-refractivity contribution in [1.29, 1.82) is 0 Å². The number of halogens is 5. The van der Waals surface area contributed by atoms with Gasteiger partial charge in [-0.2, -0.15) is 0 Å². The second kappa shape index (κ2) is 5.88. The lowest BCUT2D eigenvalue weighted by atomic mass is 10.2. The fourth-order valence-electron chi connectivity index (χ4n) is 1.53. The Hall–Kier alpha value is -1.14. The third kappa shape index (κ3) is 3.25. The van der Waals surface area contributed by atoms with E-state index in [0.717, 1.165) is 0 Å². The summed E-state index contributed by atoms with van der Waals surface area (Å²) in [7, 11) is 0. The number of aromatic nitrogens is 2. The monoisotopic (exact) mass is 350 g/mol. The molecule has 0 aliphatic carbocycles. The maximum Gasteiger partial charge on any atom is 0.280 e. The molecule has 0 amide bonds. The van der Waals surface area contributed by atoms with E-state index in [0.29, 0.717) is 10.0 Å². The molecule has 2 aromatic rings. The maximum atomic E-state index is 13.3. The molecule has 0 saturated heterocycles. The lowest BCUT2D eigenvalue weighted by molar-refractivity contribution is 0.145. The summed E-state index contributed by atoms with van der Waals surface area (Å²) in [5.41, 5.74) is 0.0474. The molecule has 0 radical (unpaired) electrons. The van der Waals surface area contributed by atoms with Crippen molar-refractivity contribution in [1.82, 2.24) is 9.97 Å². The highest BCUT2D eigenvalue weighted by Gasteiger charge is 2.17. The van der Waals surface area contributed by atoms with Gasteiger partial charge in [-0.3, -0.25) is 0 Å². The predicted octanol–water partition coefficient (Wildman–Crippen LogP) is 4.72. The molecule has 0 N–H and O–H groups in total. The Balaban J connectivity index is 2.53. The summed E-state index contributed by atoms with van der Waals surface area (Å²) in [4.78, 5) is 7.69. The molecule has 0 fully saturated rings. The number of nitrogens with zero attached hydrogens (tertiary/aromatic N) is 2. The van der Waals surface area contributed by atoms with Gasteiger partial charge in [0.15, 0.2) is 5.82 Å². The molecule has 0 saturated carbocycles. The summed E-state index contributed by atoms with van der Waals surface area (Å²) < 4.78 is 39.4. The van der Waals surface area contributed by atoms with E-state index in [1.54, 1.807) is 6.07 Å². The second-order valence-electron chi connectivity index (χ2n) is 3.70. The van der Waals surface area contributed by atoms with Crippen molar-refractivity contribution in [2.45, 2.75) is 12.3 Å². The molecule has 2 rings (SSSR count). The lowest BCUT2D eigenvalue weighted by Crippen LogP contribution is -2.01. The molecule has 0 unspecified atom stereocenters. The standard InChI is InChI=1S/C12H7BrClF3N2/c13-8-1-6(2-9(15)3-8)12-18-5-7(4-14)10(19-12)11(16)17/h1-3,5,11H,4H2. The van der Waals surface area contributed by atoms with Gasteiger partial charge in [0, 0.05) is 21.8 Å². The van der Waals surface area contributed by atoms with Gasteiger partial charge in [-0.15, -0.1) is 11.6 Å². The average Bonchev–Trinajstić information content (AvgIpc) is 2.36. The van der Waals surface area contributed by atoms with Crippen LogP contribution in [-0.4, -0.2) is 9.97 Å². The largest absolute Gasteiger partial charge is 0.280 e. The van der Waals surface area contributed by atoms with Gasteiger partial charge in [0.05, 0.1) is 5.88 Å². The smallest absolute Gasteiger partial charge is 0.236 e. The SMILES string of the molecule is Fc1cc(Br)cc(-c2ncc(CCl)c(C(F)F)n2)c1. The van der Waals surface area contributed by atoms with Crippen LogP contribution in [0, 0.1) is 5.82 Å². The van der Waals surface area contributed by atoms with Crippen molar-refractivity contribution >= 4 is 27.5 Å². The summed E-state index contributed by atoms with van der Waals surface area (Å²) in [6.45, 7) is 0. The molecule has 2 nitrogen and oxygen atoms in total. The molecule has 0 aliphatic heterocycles. The van der Waals surface area contributed by atoms with Gasteiger partial charge in [-0.05, 0) is 18.2 Å². The number of rotatable bonds is 3. The van der Waals surface area contributed by atoms with Crippen LogP contribution in [0.1, 0.15) is 17.7 Å². The zero-order valence-corrected chi connectivity index (χ0v) is 11.7. The number of benzene rings is 1. The van der Waals surface area contributed by atoms with Gasteiger partial charge >= 0.3 is 0 Å². The van der Waals surface area contributed by atoms with E-state index in [1.807, 2.05) is 0 Å². The molecular formula is C12H7BrClF3N2. The van der Waals surface area contributed by atoms with Gasteiger partial charge in [0.2, 0.25) is 0 Å². The Kier molecular flexibility index (Phi) is 4.42. The van der Waals surface area contributed by atoms with Crippen LogP contribution in [-0.2, 0) is 5.88 Å². The highest BCUT2D eigenvalue weighted by atomic mass is 79.9. The molecule has 0 bridgehead atoms. The van der Waals surface area contributed by atoms with Crippen LogP contribution < -0.4 is 0 Å². The molecule has 1 aromatic carbocycles. The van der Waals surface area contributed by atoms with Crippen LogP contribution in [0.15, 0.2) is 28.9 Å². The normalized spacial score (nSPS) is 11.1. The topological polar surface area (TPSA) is 25.8 Å². The fraction of sp³-hybridized carbons (Fsp3) is 0.167. The molecule has 1 aromatic heterocycles. The van der Waals surface area contributed by atoms with Gasteiger partial charge in [0.25, 0.3) is 6.43 Å². The van der Waals surface area contributed by atoms with Crippen LogP contribution in [0.25, 0.3) is 11.4 Å². The minimum Gasteiger partial charge on any atom is -0.236 e. The van der Waals surface area contributed by atoms with Crippen LogP contribution in [0.3, 0.4) is 0 Å². The molecule has 0 aliphatic rings. The summed E-state index contributed by atoms with van der Waals surface area (Å²) >= 11 is 8.67. The Morgan fingerprint density at radius 2 is 2.00 bits per heavy atom. The molecule has 7 heteroatoms. The fourth-order valence-corrected chi connectivity index (χ4v) is 2.21.